The molecule has 0 radical (unpaired) electrons. The third-order valence-corrected chi connectivity index (χ3v) is 4.13. The maximum atomic E-state index is 12.0. The SMILES string of the molecule is O=C(CN1CCNCC1)NCc1cn(-c2cc(Cl)cc(Cl)c2)nn1. The van der Waals surface area contributed by atoms with E-state index in [4.69, 9.17) is 23.2 Å². The van der Waals surface area contributed by atoms with Crippen LogP contribution in [0.4, 0.5) is 0 Å². The van der Waals surface area contributed by atoms with Gasteiger partial charge in [-0.05, 0) is 18.2 Å². The number of halogens is 2. The summed E-state index contributed by atoms with van der Waals surface area (Å²) in [5, 5.41) is 15.3. The molecule has 9 heteroatoms. The van der Waals surface area contributed by atoms with Gasteiger partial charge in [0.05, 0.1) is 25.0 Å². The van der Waals surface area contributed by atoms with E-state index >= 15 is 0 Å². The third kappa shape index (κ3) is 4.67. The number of carbonyl (C=O) groups is 1. The fraction of sp³-hybridized carbons (Fsp3) is 0.400. The Morgan fingerprint density at radius 1 is 1.21 bits per heavy atom. The van der Waals surface area contributed by atoms with E-state index in [1.54, 1.807) is 29.1 Å². The monoisotopic (exact) mass is 368 g/mol. The van der Waals surface area contributed by atoms with E-state index in [2.05, 4.69) is 25.8 Å². The second-order valence-electron chi connectivity index (χ2n) is 5.58. The minimum atomic E-state index is -0.0164. The second kappa shape index (κ2) is 7.94. The first kappa shape index (κ1) is 17.2. The fourth-order valence-electron chi connectivity index (χ4n) is 2.49. The Kier molecular flexibility index (Phi) is 5.68. The lowest BCUT2D eigenvalue weighted by Gasteiger charge is -2.26. The second-order valence-corrected chi connectivity index (χ2v) is 6.46. The highest BCUT2D eigenvalue weighted by atomic mass is 35.5. The summed E-state index contributed by atoms with van der Waals surface area (Å²) in [5.41, 5.74) is 1.39. The van der Waals surface area contributed by atoms with Gasteiger partial charge in [0.25, 0.3) is 0 Å². The molecular formula is C15H18Cl2N6O. The van der Waals surface area contributed by atoms with Crippen LogP contribution in [-0.4, -0.2) is 58.5 Å². The lowest BCUT2D eigenvalue weighted by atomic mass is 10.3. The minimum absolute atomic E-state index is 0.0164. The molecule has 1 saturated heterocycles. The predicted octanol–water partition coefficient (Wildman–Crippen LogP) is 1.10. The molecule has 2 aromatic rings. The van der Waals surface area contributed by atoms with Gasteiger partial charge < -0.3 is 10.6 Å². The number of nitrogens with one attached hydrogen (secondary N) is 2. The number of amides is 1. The van der Waals surface area contributed by atoms with Crippen molar-refractivity contribution in [3.63, 3.8) is 0 Å². The van der Waals surface area contributed by atoms with Gasteiger partial charge in [0.1, 0.15) is 5.69 Å². The van der Waals surface area contributed by atoms with Crippen molar-refractivity contribution in [1.29, 1.82) is 0 Å². The van der Waals surface area contributed by atoms with Crippen LogP contribution in [-0.2, 0) is 11.3 Å². The van der Waals surface area contributed by atoms with Gasteiger partial charge in [-0.15, -0.1) is 5.10 Å². The van der Waals surface area contributed by atoms with Gasteiger partial charge in [0.2, 0.25) is 5.91 Å². The van der Waals surface area contributed by atoms with Gasteiger partial charge >= 0.3 is 0 Å². The molecule has 0 atom stereocenters. The van der Waals surface area contributed by atoms with Crippen LogP contribution in [0.1, 0.15) is 5.69 Å². The molecule has 0 saturated carbocycles. The van der Waals surface area contributed by atoms with Crippen molar-refractivity contribution in [3.05, 3.63) is 40.1 Å². The predicted molar refractivity (Wildman–Crippen MR) is 92.5 cm³/mol. The van der Waals surface area contributed by atoms with E-state index in [1.807, 2.05) is 0 Å². The van der Waals surface area contributed by atoms with Gasteiger partial charge in [0, 0.05) is 36.2 Å². The van der Waals surface area contributed by atoms with Gasteiger partial charge in [-0.1, -0.05) is 28.4 Å². The topological polar surface area (TPSA) is 75.1 Å². The number of rotatable bonds is 5. The van der Waals surface area contributed by atoms with Crippen LogP contribution >= 0.6 is 23.2 Å². The summed E-state index contributed by atoms with van der Waals surface area (Å²) in [6.07, 6.45) is 1.74. The van der Waals surface area contributed by atoms with Crippen LogP contribution in [0.5, 0.6) is 0 Å². The summed E-state index contributed by atoms with van der Waals surface area (Å²) in [5.74, 6) is -0.0164. The first-order valence-corrected chi connectivity index (χ1v) is 8.43. The summed E-state index contributed by atoms with van der Waals surface area (Å²) >= 11 is 12.0. The Balaban J connectivity index is 1.55. The van der Waals surface area contributed by atoms with Crippen LogP contribution in [0.15, 0.2) is 24.4 Å². The third-order valence-electron chi connectivity index (χ3n) is 3.70. The van der Waals surface area contributed by atoms with E-state index in [0.717, 1.165) is 31.9 Å². The number of nitrogens with zero attached hydrogens (tertiary/aromatic N) is 4. The molecule has 0 unspecified atom stereocenters. The number of hydrogen-bond donors (Lipinski definition) is 2. The van der Waals surface area contributed by atoms with Crippen molar-refractivity contribution in [2.24, 2.45) is 0 Å². The van der Waals surface area contributed by atoms with Gasteiger partial charge in [-0.25, -0.2) is 4.68 Å². The van der Waals surface area contributed by atoms with Crippen LogP contribution in [0, 0.1) is 0 Å². The summed E-state index contributed by atoms with van der Waals surface area (Å²) < 4.78 is 1.58. The molecule has 2 heterocycles. The van der Waals surface area contributed by atoms with Crippen LogP contribution in [0.2, 0.25) is 10.0 Å². The maximum absolute atomic E-state index is 12.0. The molecule has 0 bridgehead atoms. The molecular weight excluding hydrogens is 351 g/mol. The molecule has 1 aromatic heterocycles. The zero-order valence-electron chi connectivity index (χ0n) is 13.0. The molecule has 2 N–H and O–H groups in total. The van der Waals surface area contributed by atoms with E-state index in [9.17, 15) is 4.79 Å². The van der Waals surface area contributed by atoms with Crippen LogP contribution in [0.25, 0.3) is 5.69 Å². The molecule has 1 aliphatic rings. The zero-order chi connectivity index (χ0) is 16.9. The Morgan fingerprint density at radius 2 is 1.92 bits per heavy atom. The van der Waals surface area contributed by atoms with E-state index < -0.39 is 0 Å². The number of piperazine rings is 1. The zero-order valence-corrected chi connectivity index (χ0v) is 14.5. The smallest absolute Gasteiger partial charge is 0.234 e. The Labute approximate surface area is 149 Å². The Hall–Kier alpha value is -1.67. The molecule has 1 fully saturated rings. The quantitative estimate of drug-likeness (QED) is 0.826. The van der Waals surface area contributed by atoms with E-state index in [0.29, 0.717) is 28.8 Å². The van der Waals surface area contributed by atoms with E-state index in [-0.39, 0.29) is 5.91 Å². The normalized spacial score (nSPS) is 15.4. The molecule has 0 spiro atoms. The standard InChI is InChI=1S/C15H18Cl2N6O/c16-11-5-12(17)7-14(6-11)23-9-13(20-21-23)8-19-15(24)10-22-3-1-18-2-4-22/h5-7,9,18H,1-4,8,10H2,(H,19,24). The first-order chi connectivity index (χ1) is 11.6. The molecule has 128 valence electrons. The summed E-state index contributed by atoms with van der Waals surface area (Å²) in [6, 6.07) is 5.14. The van der Waals surface area contributed by atoms with Crippen molar-refractivity contribution in [2.75, 3.05) is 32.7 Å². The average Bonchev–Trinajstić information content (AvgIpc) is 3.02. The maximum Gasteiger partial charge on any atom is 0.234 e. The fourth-order valence-corrected chi connectivity index (χ4v) is 3.01. The summed E-state index contributed by atoms with van der Waals surface area (Å²) in [7, 11) is 0. The minimum Gasteiger partial charge on any atom is -0.349 e. The molecule has 3 rings (SSSR count). The van der Waals surface area contributed by atoms with Crippen molar-refractivity contribution in [1.82, 2.24) is 30.5 Å². The highest BCUT2D eigenvalue weighted by Gasteiger charge is 2.13. The van der Waals surface area contributed by atoms with Crippen LogP contribution in [0.3, 0.4) is 0 Å². The molecule has 24 heavy (non-hydrogen) atoms. The molecule has 1 aromatic carbocycles. The summed E-state index contributed by atoms with van der Waals surface area (Å²) in [6.45, 7) is 4.35. The Bertz CT molecular complexity index is 693. The summed E-state index contributed by atoms with van der Waals surface area (Å²) in [4.78, 5) is 14.1. The molecule has 7 nitrogen and oxygen atoms in total. The van der Waals surface area contributed by atoms with Gasteiger partial charge in [-0.3, -0.25) is 9.69 Å². The van der Waals surface area contributed by atoms with Crippen molar-refractivity contribution in [2.45, 2.75) is 6.54 Å². The van der Waals surface area contributed by atoms with Crippen molar-refractivity contribution in [3.8, 4) is 5.69 Å². The number of benzene rings is 1. The molecule has 1 aliphatic heterocycles. The van der Waals surface area contributed by atoms with Crippen molar-refractivity contribution >= 4 is 29.1 Å². The average molecular weight is 369 g/mol. The molecule has 1 amide bonds. The lowest BCUT2D eigenvalue weighted by molar-refractivity contribution is -0.122. The molecule has 0 aliphatic carbocycles. The highest BCUT2D eigenvalue weighted by Crippen LogP contribution is 2.21. The van der Waals surface area contributed by atoms with Crippen molar-refractivity contribution < 1.29 is 4.79 Å². The van der Waals surface area contributed by atoms with E-state index in [1.165, 1.54) is 0 Å². The first-order valence-electron chi connectivity index (χ1n) is 7.67. The number of hydrogen-bond acceptors (Lipinski definition) is 5. The largest absolute Gasteiger partial charge is 0.349 e. The van der Waals surface area contributed by atoms with Crippen LogP contribution < -0.4 is 10.6 Å². The van der Waals surface area contributed by atoms with Gasteiger partial charge in [0.15, 0.2) is 0 Å². The van der Waals surface area contributed by atoms with Gasteiger partial charge in [-0.2, -0.15) is 0 Å². The number of carbonyl (C=O) groups excluding carboxylic acids is 1. The highest BCUT2D eigenvalue weighted by molar-refractivity contribution is 6.34. The number of aromatic nitrogens is 3. The Morgan fingerprint density at radius 3 is 2.62 bits per heavy atom. The lowest BCUT2D eigenvalue weighted by Crippen LogP contribution is -2.47.